The summed E-state index contributed by atoms with van der Waals surface area (Å²) in [6.45, 7) is 4.88. The minimum atomic E-state index is -1.19. The maximum Gasteiger partial charge on any atom is 0.321 e. The first-order chi connectivity index (χ1) is 9.89. The summed E-state index contributed by atoms with van der Waals surface area (Å²) in [7, 11) is 0. The number of hydrogen-bond acceptors (Lipinski definition) is 4. The first kappa shape index (κ1) is 15.9. The summed E-state index contributed by atoms with van der Waals surface area (Å²) in [6.07, 6.45) is 0.152. The average molecular weight is 293 g/mol. The molecule has 116 valence electrons. The van der Waals surface area contributed by atoms with Crippen LogP contribution in [0.1, 0.15) is 32.3 Å². The average Bonchev–Trinajstić information content (AvgIpc) is 2.45. The van der Waals surface area contributed by atoms with Gasteiger partial charge in [0.2, 0.25) is 6.41 Å². The number of aliphatic carboxylic acids is 1. The van der Waals surface area contributed by atoms with Crippen LogP contribution in [0.2, 0.25) is 0 Å². The Bertz CT molecular complexity index is 474. The van der Waals surface area contributed by atoms with Crippen molar-refractivity contribution in [3.63, 3.8) is 0 Å². The molecule has 0 radical (unpaired) electrons. The molecule has 5 nitrogen and oxygen atoms in total. The molecule has 0 bridgehead atoms. The van der Waals surface area contributed by atoms with Crippen LogP contribution < -0.4 is 0 Å². The van der Waals surface area contributed by atoms with E-state index in [1.165, 1.54) is 4.90 Å². The van der Waals surface area contributed by atoms with Gasteiger partial charge >= 0.3 is 5.97 Å². The van der Waals surface area contributed by atoms with Gasteiger partial charge in [-0.1, -0.05) is 44.2 Å². The monoisotopic (exact) mass is 293 g/mol. The van der Waals surface area contributed by atoms with E-state index >= 15 is 0 Å². The number of carboxylic acid groups (broad SMARTS) is 1. The normalized spacial score (nSPS) is 23.7. The number of carbonyl (C=O) groups is 1. The number of benzene rings is 1. The molecule has 0 aliphatic carbocycles. The van der Waals surface area contributed by atoms with Gasteiger partial charge in [0, 0.05) is 6.54 Å². The Balaban J connectivity index is 1.97. The lowest BCUT2D eigenvalue weighted by atomic mass is 9.79. The molecule has 0 amide bonds. The van der Waals surface area contributed by atoms with Crippen LogP contribution in [-0.4, -0.2) is 40.1 Å². The maximum absolute atomic E-state index is 11.4. The second-order valence-corrected chi connectivity index (χ2v) is 6.33. The summed E-state index contributed by atoms with van der Waals surface area (Å²) in [5.74, 6) is -0.912. The Kier molecular flexibility index (Phi) is 4.98. The van der Waals surface area contributed by atoms with Crippen LogP contribution in [-0.2, 0) is 16.1 Å². The van der Waals surface area contributed by atoms with Gasteiger partial charge in [-0.15, -0.1) is 0 Å². The highest BCUT2D eigenvalue weighted by Gasteiger charge is 2.40. The SMILES string of the molecule is CC1(C)CCN(C(O)OCc2ccccc2)C(C(=O)O)C1. The highest BCUT2D eigenvalue weighted by Crippen LogP contribution is 2.34. The Morgan fingerprint density at radius 3 is 2.71 bits per heavy atom. The second-order valence-electron chi connectivity index (χ2n) is 6.33. The molecular formula is C16H23NO4. The number of carboxylic acids is 1. The third-order valence-electron chi connectivity index (χ3n) is 4.00. The van der Waals surface area contributed by atoms with Gasteiger partial charge in [-0.05, 0) is 23.8 Å². The van der Waals surface area contributed by atoms with Crippen molar-refractivity contribution >= 4 is 5.97 Å². The summed E-state index contributed by atoms with van der Waals surface area (Å²) in [5, 5.41) is 19.5. The van der Waals surface area contributed by atoms with E-state index in [0.717, 1.165) is 12.0 Å². The standard InChI is InChI=1S/C16H23NO4/c1-16(2)8-9-17(13(10-16)14(18)19)15(20)21-11-12-6-4-3-5-7-12/h3-7,13,15,20H,8-11H2,1-2H3,(H,18,19). The fraction of sp³-hybridized carbons (Fsp3) is 0.562. The molecule has 0 spiro atoms. The van der Waals surface area contributed by atoms with Gasteiger partial charge in [0.05, 0.1) is 6.61 Å². The third-order valence-corrected chi connectivity index (χ3v) is 4.00. The molecule has 1 aromatic carbocycles. The molecule has 0 saturated carbocycles. The zero-order valence-corrected chi connectivity index (χ0v) is 12.5. The smallest absolute Gasteiger partial charge is 0.321 e. The molecule has 2 atom stereocenters. The van der Waals surface area contributed by atoms with Crippen LogP contribution in [0.4, 0.5) is 0 Å². The Hall–Kier alpha value is -1.43. The zero-order valence-electron chi connectivity index (χ0n) is 12.5. The van der Waals surface area contributed by atoms with Gasteiger partial charge in [0.1, 0.15) is 6.04 Å². The molecule has 1 aliphatic rings. The molecule has 1 heterocycles. The minimum Gasteiger partial charge on any atom is -0.480 e. The van der Waals surface area contributed by atoms with Crippen molar-refractivity contribution < 1.29 is 19.7 Å². The fourth-order valence-electron chi connectivity index (χ4n) is 2.66. The highest BCUT2D eigenvalue weighted by molar-refractivity contribution is 5.73. The van der Waals surface area contributed by atoms with Gasteiger partial charge in [-0.25, -0.2) is 4.90 Å². The van der Waals surface area contributed by atoms with E-state index in [1.54, 1.807) is 0 Å². The van der Waals surface area contributed by atoms with Crippen molar-refractivity contribution in [1.29, 1.82) is 0 Å². The van der Waals surface area contributed by atoms with E-state index in [9.17, 15) is 15.0 Å². The second kappa shape index (κ2) is 6.56. The molecule has 0 aromatic heterocycles. The third kappa shape index (κ3) is 4.27. The summed E-state index contributed by atoms with van der Waals surface area (Å²) in [6, 6.07) is 8.80. The first-order valence-corrected chi connectivity index (χ1v) is 7.21. The molecule has 1 fully saturated rings. The quantitative estimate of drug-likeness (QED) is 0.813. The van der Waals surface area contributed by atoms with E-state index in [4.69, 9.17) is 4.74 Å². The number of aliphatic hydroxyl groups is 1. The van der Waals surface area contributed by atoms with Gasteiger partial charge in [0.15, 0.2) is 0 Å². The van der Waals surface area contributed by atoms with Crippen LogP contribution >= 0.6 is 0 Å². The van der Waals surface area contributed by atoms with Crippen molar-refractivity contribution in [3.8, 4) is 0 Å². The number of likely N-dealkylation sites (tertiary alicyclic amines) is 1. The molecule has 1 aliphatic heterocycles. The molecule has 21 heavy (non-hydrogen) atoms. The lowest BCUT2D eigenvalue weighted by molar-refractivity contribution is -0.226. The lowest BCUT2D eigenvalue weighted by Gasteiger charge is -2.42. The maximum atomic E-state index is 11.4. The lowest BCUT2D eigenvalue weighted by Crippen LogP contribution is -2.54. The first-order valence-electron chi connectivity index (χ1n) is 7.21. The summed E-state index contributed by atoms with van der Waals surface area (Å²) >= 11 is 0. The molecular weight excluding hydrogens is 270 g/mol. The fourth-order valence-corrected chi connectivity index (χ4v) is 2.66. The van der Waals surface area contributed by atoms with Crippen molar-refractivity contribution in [3.05, 3.63) is 35.9 Å². The number of nitrogens with zero attached hydrogens (tertiary/aromatic N) is 1. The van der Waals surface area contributed by atoms with E-state index in [2.05, 4.69) is 13.8 Å². The van der Waals surface area contributed by atoms with Crippen molar-refractivity contribution in [2.24, 2.45) is 5.41 Å². The van der Waals surface area contributed by atoms with Gasteiger partial charge in [-0.2, -0.15) is 0 Å². The number of rotatable bonds is 5. The van der Waals surface area contributed by atoms with E-state index in [1.807, 2.05) is 30.3 Å². The summed E-state index contributed by atoms with van der Waals surface area (Å²) in [4.78, 5) is 12.9. The van der Waals surface area contributed by atoms with Crippen LogP contribution in [0, 0.1) is 5.41 Å². The highest BCUT2D eigenvalue weighted by atomic mass is 16.6. The largest absolute Gasteiger partial charge is 0.480 e. The van der Waals surface area contributed by atoms with Crippen LogP contribution in [0.15, 0.2) is 30.3 Å². The van der Waals surface area contributed by atoms with Crippen LogP contribution in [0.3, 0.4) is 0 Å². The van der Waals surface area contributed by atoms with Crippen LogP contribution in [0.5, 0.6) is 0 Å². The Labute approximate surface area is 125 Å². The van der Waals surface area contributed by atoms with Gasteiger partial charge in [-0.3, -0.25) is 4.79 Å². The molecule has 1 aromatic rings. The topological polar surface area (TPSA) is 70.0 Å². The van der Waals surface area contributed by atoms with Crippen molar-refractivity contribution in [2.45, 2.75) is 45.8 Å². The van der Waals surface area contributed by atoms with E-state index in [0.29, 0.717) is 13.0 Å². The van der Waals surface area contributed by atoms with E-state index < -0.39 is 18.4 Å². The van der Waals surface area contributed by atoms with Gasteiger partial charge in [0.25, 0.3) is 0 Å². The molecule has 2 unspecified atom stereocenters. The number of ether oxygens (including phenoxy) is 1. The predicted molar refractivity (Wildman–Crippen MR) is 78.4 cm³/mol. The molecule has 2 N–H and O–H groups in total. The summed E-state index contributed by atoms with van der Waals surface area (Å²) < 4.78 is 5.43. The predicted octanol–water partition coefficient (Wildman–Crippen LogP) is 2.05. The Morgan fingerprint density at radius 2 is 2.10 bits per heavy atom. The Morgan fingerprint density at radius 1 is 1.43 bits per heavy atom. The molecule has 1 saturated heterocycles. The number of piperidine rings is 1. The number of aliphatic hydroxyl groups excluding tert-OH is 1. The zero-order chi connectivity index (χ0) is 15.5. The molecule has 5 heteroatoms. The van der Waals surface area contributed by atoms with Crippen LogP contribution in [0.25, 0.3) is 0 Å². The minimum absolute atomic E-state index is 0.0291. The summed E-state index contributed by atoms with van der Waals surface area (Å²) in [5.41, 5.74) is 0.916. The van der Waals surface area contributed by atoms with Crippen molar-refractivity contribution in [1.82, 2.24) is 4.90 Å². The molecule has 2 rings (SSSR count). The van der Waals surface area contributed by atoms with Crippen molar-refractivity contribution in [2.75, 3.05) is 6.54 Å². The number of hydrogen-bond donors (Lipinski definition) is 2. The van der Waals surface area contributed by atoms with Gasteiger partial charge < -0.3 is 14.9 Å². The van der Waals surface area contributed by atoms with E-state index in [-0.39, 0.29) is 12.0 Å².